The van der Waals surface area contributed by atoms with E-state index in [4.69, 9.17) is 11.6 Å². The van der Waals surface area contributed by atoms with Crippen molar-refractivity contribution in [2.45, 2.75) is 6.92 Å². The first-order valence-electron chi connectivity index (χ1n) is 9.13. The Morgan fingerprint density at radius 3 is 2.48 bits per heavy atom. The van der Waals surface area contributed by atoms with Gasteiger partial charge in [-0.2, -0.15) is 0 Å². The van der Waals surface area contributed by atoms with E-state index in [9.17, 15) is 14.4 Å². The monoisotopic (exact) mass is 411 g/mol. The number of aromatic amines is 1. The van der Waals surface area contributed by atoms with Crippen molar-refractivity contribution < 1.29 is 14.4 Å². The van der Waals surface area contributed by atoms with Gasteiger partial charge in [-0.15, -0.1) is 0 Å². The second-order valence-electron chi connectivity index (χ2n) is 6.81. The molecule has 0 saturated carbocycles. The summed E-state index contributed by atoms with van der Waals surface area (Å²) in [6.45, 7) is 3.07. The molecule has 1 aliphatic rings. The number of amides is 2. The van der Waals surface area contributed by atoms with Gasteiger partial charge in [0.15, 0.2) is 5.15 Å². The molecule has 0 radical (unpaired) electrons. The minimum absolute atomic E-state index is 0.182. The summed E-state index contributed by atoms with van der Waals surface area (Å²) >= 11 is 6.08. The van der Waals surface area contributed by atoms with Crippen LogP contribution in [0.25, 0.3) is 10.9 Å². The van der Waals surface area contributed by atoms with Gasteiger partial charge in [0, 0.05) is 50.2 Å². The van der Waals surface area contributed by atoms with E-state index in [2.05, 4.69) is 15.0 Å². The van der Waals surface area contributed by atoms with Gasteiger partial charge in [-0.05, 0) is 24.6 Å². The third kappa shape index (κ3) is 3.47. The number of Topliss-reactive ketones (excluding diaryl/α,β-unsaturated/α-hetero) is 1. The molecule has 1 aliphatic heterocycles. The number of hydrogen-bond donors (Lipinski definition) is 1. The summed E-state index contributed by atoms with van der Waals surface area (Å²) in [6, 6.07) is 5.15. The number of nitrogens with zero attached hydrogens (tertiary/aromatic N) is 4. The van der Waals surface area contributed by atoms with Gasteiger partial charge in [-0.25, -0.2) is 4.98 Å². The van der Waals surface area contributed by atoms with Crippen molar-refractivity contribution in [3.05, 3.63) is 58.8 Å². The number of aryl methyl sites for hydroxylation is 1. The van der Waals surface area contributed by atoms with Crippen LogP contribution in [0.4, 0.5) is 0 Å². The summed E-state index contributed by atoms with van der Waals surface area (Å²) in [7, 11) is 0. The topological polar surface area (TPSA) is 99.3 Å². The molecule has 4 heterocycles. The van der Waals surface area contributed by atoms with Gasteiger partial charge >= 0.3 is 0 Å². The summed E-state index contributed by atoms with van der Waals surface area (Å²) in [5.41, 5.74) is 1.93. The highest BCUT2D eigenvalue weighted by molar-refractivity contribution is 6.45. The molecule has 1 saturated heterocycles. The molecule has 0 atom stereocenters. The number of halogens is 1. The van der Waals surface area contributed by atoms with Gasteiger partial charge in [-0.3, -0.25) is 19.4 Å². The van der Waals surface area contributed by atoms with Crippen LogP contribution in [0.2, 0.25) is 5.15 Å². The summed E-state index contributed by atoms with van der Waals surface area (Å²) in [4.78, 5) is 52.3. The summed E-state index contributed by atoms with van der Waals surface area (Å²) in [6.07, 6.45) is 4.63. The predicted octanol–water partition coefficient (Wildman–Crippen LogP) is 2.09. The van der Waals surface area contributed by atoms with Crippen LogP contribution in [0.3, 0.4) is 0 Å². The number of carbonyl (C=O) groups is 3. The van der Waals surface area contributed by atoms with Crippen LogP contribution >= 0.6 is 11.6 Å². The number of aromatic nitrogens is 3. The molecular weight excluding hydrogens is 394 g/mol. The lowest BCUT2D eigenvalue weighted by Crippen LogP contribution is -2.52. The molecule has 1 N–H and O–H groups in total. The molecule has 8 nitrogen and oxygen atoms in total. The maximum atomic E-state index is 12.9. The van der Waals surface area contributed by atoms with Crippen LogP contribution in [-0.2, 0) is 4.79 Å². The number of piperazine rings is 1. The van der Waals surface area contributed by atoms with E-state index >= 15 is 0 Å². The SMILES string of the molecule is Cc1cnc(Cl)c2[nH]cc(C(=O)C(=O)N3CCN(C(=O)c4ccccn4)CC3)c12. The molecule has 0 bridgehead atoms. The average molecular weight is 412 g/mol. The van der Waals surface area contributed by atoms with Crippen LogP contribution in [0.15, 0.2) is 36.8 Å². The largest absolute Gasteiger partial charge is 0.358 e. The van der Waals surface area contributed by atoms with Crippen molar-refractivity contribution in [2.24, 2.45) is 0 Å². The van der Waals surface area contributed by atoms with Crippen molar-refractivity contribution in [1.82, 2.24) is 24.8 Å². The Kier molecular flexibility index (Phi) is 5.02. The number of ketones is 1. The number of fused-ring (bicyclic) bond motifs is 1. The number of carbonyl (C=O) groups excluding carboxylic acids is 3. The Morgan fingerprint density at radius 2 is 1.79 bits per heavy atom. The summed E-state index contributed by atoms with van der Waals surface area (Å²) < 4.78 is 0. The van der Waals surface area contributed by atoms with Gasteiger partial charge in [0.05, 0.1) is 11.1 Å². The number of nitrogens with one attached hydrogen (secondary N) is 1. The number of pyridine rings is 2. The fraction of sp³-hybridized carbons (Fsp3) is 0.250. The number of H-pyrrole nitrogens is 1. The number of hydrogen-bond acceptors (Lipinski definition) is 5. The Bertz CT molecular complexity index is 1100. The molecule has 4 rings (SSSR count). The fourth-order valence-electron chi connectivity index (χ4n) is 3.48. The lowest BCUT2D eigenvalue weighted by atomic mass is 10.1. The molecule has 0 spiro atoms. The maximum Gasteiger partial charge on any atom is 0.295 e. The van der Waals surface area contributed by atoms with E-state index in [1.54, 1.807) is 35.5 Å². The quantitative estimate of drug-likeness (QED) is 0.404. The van der Waals surface area contributed by atoms with Crippen LogP contribution < -0.4 is 0 Å². The number of rotatable bonds is 3. The Morgan fingerprint density at radius 1 is 1.07 bits per heavy atom. The van der Waals surface area contributed by atoms with E-state index in [0.29, 0.717) is 29.7 Å². The molecule has 1 fully saturated rings. The van der Waals surface area contributed by atoms with Gasteiger partial charge in [0.25, 0.3) is 17.6 Å². The van der Waals surface area contributed by atoms with Gasteiger partial charge < -0.3 is 14.8 Å². The average Bonchev–Trinajstić information content (AvgIpc) is 3.22. The molecule has 148 valence electrons. The zero-order valence-corrected chi connectivity index (χ0v) is 16.4. The third-order valence-corrected chi connectivity index (χ3v) is 5.32. The minimum atomic E-state index is -0.605. The van der Waals surface area contributed by atoms with E-state index in [0.717, 1.165) is 5.56 Å². The van der Waals surface area contributed by atoms with Crippen molar-refractivity contribution in [1.29, 1.82) is 0 Å². The molecule has 3 aromatic rings. The van der Waals surface area contributed by atoms with E-state index in [1.807, 2.05) is 6.92 Å². The molecule has 29 heavy (non-hydrogen) atoms. The zero-order chi connectivity index (χ0) is 20.5. The first-order valence-corrected chi connectivity index (χ1v) is 9.51. The van der Waals surface area contributed by atoms with Crippen molar-refractivity contribution >= 4 is 40.1 Å². The fourth-order valence-corrected chi connectivity index (χ4v) is 3.68. The Labute approximate surface area is 171 Å². The van der Waals surface area contributed by atoms with Gasteiger partial charge in [0.1, 0.15) is 5.69 Å². The molecule has 2 amide bonds. The first kappa shape index (κ1) is 19.1. The lowest BCUT2D eigenvalue weighted by molar-refractivity contribution is -0.127. The van der Waals surface area contributed by atoms with Crippen LogP contribution in [0.5, 0.6) is 0 Å². The van der Waals surface area contributed by atoms with E-state index in [1.165, 1.54) is 11.1 Å². The van der Waals surface area contributed by atoms with Gasteiger partial charge in [-0.1, -0.05) is 17.7 Å². The predicted molar refractivity (Wildman–Crippen MR) is 107 cm³/mol. The molecule has 0 unspecified atom stereocenters. The van der Waals surface area contributed by atoms with Crippen LogP contribution in [0, 0.1) is 6.92 Å². The van der Waals surface area contributed by atoms with Crippen LogP contribution in [0.1, 0.15) is 26.4 Å². The lowest BCUT2D eigenvalue weighted by Gasteiger charge is -2.34. The second kappa shape index (κ2) is 7.63. The second-order valence-corrected chi connectivity index (χ2v) is 7.17. The highest BCUT2D eigenvalue weighted by Gasteiger charge is 2.30. The van der Waals surface area contributed by atoms with Gasteiger partial charge in [0.2, 0.25) is 0 Å². The molecule has 0 aromatic carbocycles. The standard InChI is InChI=1S/C20H18ClN5O3/c1-12-10-24-18(21)16-15(12)13(11-23-16)17(27)20(29)26-8-6-25(7-9-26)19(28)14-4-2-3-5-22-14/h2-5,10-11,23H,6-9H2,1H3. The van der Waals surface area contributed by atoms with Crippen molar-refractivity contribution in [3.8, 4) is 0 Å². The van der Waals surface area contributed by atoms with Crippen molar-refractivity contribution in [2.75, 3.05) is 26.2 Å². The molecule has 9 heteroatoms. The summed E-state index contributed by atoms with van der Waals surface area (Å²) in [5, 5.41) is 0.853. The molecule has 0 aliphatic carbocycles. The summed E-state index contributed by atoms with van der Waals surface area (Å²) in [5.74, 6) is -1.38. The zero-order valence-electron chi connectivity index (χ0n) is 15.7. The van der Waals surface area contributed by atoms with Crippen molar-refractivity contribution in [3.63, 3.8) is 0 Å². The molecular formula is C20H18ClN5O3. The maximum absolute atomic E-state index is 12.9. The Hall–Kier alpha value is -3.26. The highest BCUT2D eigenvalue weighted by Crippen LogP contribution is 2.27. The van der Waals surface area contributed by atoms with Crippen LogP contribution in [-0.4, -0.2) is 68.5 Å². The minimum Gasteiger partial charge on any atom is -0.358 e. The molecule has 3 aromatic heterocycles. The third-order valence-electron chi connectivity index (χ3n) is 5.03. The van der Waals surface area contributed by atoms with E-state index < -0.39 is 11.7 Å². The smallest absolute Gasteiger partial charge is 0.295 e. The first-order chi connectivity index (χ1) is 14.0. The highest BCUT2D eigenvalue weighted by atomic mass is 35.5. The Balaban J connectivity index is 1.47. The normalized spacial score (nSPS) is 14.3. The van der Waals surface area contributed by atoms with E-state index in [-0.39, 0.29) is 29.7 Å².